The number of carbonyl (C=O) groups is 1. The van der Waals surface area contributed by atoms with Crippen molar-refractivity contribution in [1.29, 1.82) is 0 Å². The molecule has 2 atom stereocenters. The molecular weight excluding hydrogens is 328 g/mol. The molecule has 0 unspecified atom stereocenters. The summed E-state index contributed by atoms with van der Waals surface area (Å²) in [6.45, 7) is 0.351. The van der Waals surface area contributed by atoms with Gasteiger partial charge in [0, 0.05) is 45.4 Å². The van der Waals surface area contributed by atoms with Crippen molar-refractivity contribution in [2.45, 2.75) is 38.1 Å². The molecule has 0 aromatic carbocycles. The quantitative estimate of drug-likeness (QED) is 0.827. The average Bonchev–Trinajstić information content (AvgIpc) is 2.90. The fourth-order valence-electron chi connectivity index (χ4n) is 3.64. The second-order valence-electron chi connectivity index (χ2n) is 7.07. The number of hydrogen-bond donors (Lipinski definition) is 1. The summed E-state index contributed by atoms with van der Waals surface area (Å²) in [5, 5.41) is 0. The fraction of sp³-hybridized carbons (Fsp3) is 0.750. The molecule has 0 spiro atoms. The second kappa shape index (κ2) is 6.84. The van der Waals surface area contributed by atoms with E-state index in [9.17, 15) is 13.2 Å². The van der Waals surface area contributed by atoms with Gasteiger partial charge in [0.15, 0.2) is 0 Å². The number of likely N-dealkylation sites (tertiary alicyclic amines) is 1. The minimum atomic E-state index is -3.26. The SMILES string of the molecule is CN1C(=O)CC[C@H](CNS(=O)(=O)CC2CCC2)[C@H]1c1nccn1C. The van der Waals surface area contributed by atoms with Crippen LogP contribution in [0.1, 0.15) is 44.0 Å². The molecule has 134 valence electrons. The van der Waals surface area contributed by atoms with Crippen LogP contribution in [0.25, 0.3) is 0 Å². The largest absolute Gasteiger partial charge is 0.336 e. The third-order valence-corrected chi connectivity index (χ3v) is 6.87. The molecule has 2 heterocycles. The molecule has 1 N–H and O–H groups in total. The summed E-state index contributed by atoms with van der Waals surface area (Å²) in [5.74, 6) is 1.44. The zero-order chi connectivity index (χ0) is 17.3. The van der Waals surface area contributed by atoms with E-state index in [0.717, 1.165) is 25.1 Å². The van der Waals surface area contributed by atoms with Crippen molar-refractivity contribution < 1.29 is 13.2 Å². The first-order valence-electron chi connectivity index (χ1n) is 8.57. The number of aryl methyl sites for hydroxylation is 1. The van der Waals surface area contributed by atoms with Crippen LogP contribution in [0.5, 0.6) is 0 Å². The van der Waals surface area contributed by atoms with E-state index in [0.29, 0.717) is 25.3 Å². The topological polar surface area (TPSA) is 84.3 Å². The molecule has 24 heavy (non-hydrogen) atoms. The van der Waals surface area contributed by atoms with Gasteiger partial charge < -0.3 is 9.47 Å². The summed E-state index contributed by atoms with van der Waals surface area (Å²) >= 11 is 0. The zero-order valence-corrected chi connectivity index (χ0v) is 15.1. The Kier molecular flexibility index (Phi) is 4.96. The van der Waals surface area contributed by atoms with Crippen LogP contribution in [0.4, 0.5) is 0 Å². The molecule has 3 rings (SSSR count). The van der Waals surface area contributed by atoms with Crippen LogP contribution in [-0.4, -0.2) is 48.1 Å². The van der Waals surface area contributed by atoms with Gasteiger partial charge in [0.25, 0.3) is 0 Å². The molecule has 1 aliphatic heterocycles. The van der Waals surface area contributed by atoms with Crippen LogP contribution in [-0.2, 0) is 21.9 Å². The van der Waals surface area contributed by atoms with Gasteiger partial charge in [-0.15, -0.1) is 0 Å². The predicted molar refractivity (Wildman–Crippen MR) is 90.6 cm³/mol. The molecule has 0 radical (unpaired) electrons. The van der Waals surface area contributed by atoms with Crippen molar-refractivity contribution in [2.24, 2.45) is 18.9 Å². The van der Waals surface area contributed by atoms with Gasteiger partial charge in [-0.05, 0) is 25.2 Å². The molecular formula is C16H26N4O3S. The number of nitrogens with zero attached hydrogens (tertiary/aromatic N) is 3. The third-order valence-electron chi connectivity index (χ3n) is 5.35. The second-order valence-corrected chi connectivity index (χ2v) is 8.92. The Hall–Kier alpha value is -1.41. The molecule has 7 nitrogen and oxygen atoms in total. The molecule has 8 heteroatoms. The van der Waals surface area contributed by atoms with Gasteiger partial charge in [0.1, 0.15) is 5.82 Å². The molecule has 1 aromatic rings. The maximum atomic E-state index is 12.3. The summed E-state index contributed by atoms with van der Waals surface area (Å²) in [5.41, 5.74) is 0. The van der Waals surface area contributed by atoms with Crippen LogP contribution < -0.4 is 4.72 Å². The first-order valence-corrected chi connectivity index (χ1v) is 10.2. The number of aromatic nitrogens is 2. The number of hydrogen-bond acceptors (Lipinski definition) is 4. The van der Waals surface area contributed by atoms with E-state index < -0.39 is 10.0 Å². The maximum absolute atomic E-state index is 12.3. The number of rotatable bonds is 6. The van der Waals surface area contributed by atoms with Crippen molar-refractivity contribution >= 4 is 15.9 Å². The predicted octanol–water partition coefficient (Wildman–Crippen LogP) is 1.05. The zero-order valence-electron chi connectivity index (χ0n) is 14.3. The smallest absolute Gasteiger partial charge is 0.222 e. The van der Waals surface area contributed by atoms with Crippen molar-refractivity contribution in [2.75, 3.05) is 19.3 Å². The van der Waals surface area contributed by atoms with Crippen molar-refractivity contribution in [3.63, 3.8) is 0 Å². The summed E-state index contributed by atoms with van der Waals surface area (Å²) in [4.78, 5) is 18.2. The van der Waals surface area contributed by atoms with Gasteiger partial charge in [-0.1, -0.05) is 6.42 Å². The van der Waals surface area contributed by atoms with E-state index in [1.807, 2.05) is 17.8 Å². The van der Waals surface area contributed by atoms with Crippen LogP contribution in [0.3, 0.4) is 0 Å². The summed E-state index contributed by atoms with van der Waals surface area (Å²) in [6, 6.07) is -0.197. The van der Waals surface area contributed by atoms with Crippen molar-refractivity contribution in [3.8, 4) is 0 Å². The number of imidazole rings is 1. The average molecular weight is 354 g/mol. The van der Waals surface area contributed by atoms with Gasteiger partial charge in [-0.2, -0.15) is 0 Å². The number of carbonyl (C=O) groups excluding carboxylic acids is 1. The van der Waals surface area contributed by atoms with E-state index >= 15 is 0 Å². The number of amides is 1. The van der Waals surface area contributed by atoms with Gasteiger partial charge in [0.2, 0.25) is 15.9 Å². The molecule has 0 bridgehead atoms. The van der Waals surface area contributed by atoms with Crippen molar-refractivity contribution in [3.05, 3.63) is 18.2 Å². The molecule has 1 aromatic heterocycles. The molecule has 1 amide bonds. The molecule has 2 aliphatic rings. The highest BCUT2D eigenvalue weighted by molar-refractivity contribution is 7.89. The standard InChI is InChI=1S/C16H26N4O3S/c1-19-9-8-17-16(19)15-13(6-7-14(21)20(15)2)10-18-24(22,23)11-12-4-3-5-12/h8-9,12-13,15,18H,3-7,10-11H2,1-2H3/t13-,15+/m1/s1. The number of nitrogens with one attached hydrogen (secondary N) is 1. The van der Waals surface area contributed by atoms with Gasteiger partial charge in [-0.3, -0.25) is 4.79 Å². The molecule has 1 saturated heterocycles. The fourth-order valence-corrected chi connectivity index (χ4v) is 5.18. The summed E-state index contributed by atoms with van der Waals surface area (Å²) in [6.07, 6.45) is 7.84. The van der Waals surface area contributed by atoms with Gasteiger partial charge >= 0.3 is 0 Å². The van der Waals surface area contributed by atoms with Gasteiger partial charge in [0.05, 0.1) is 11.8 Å². The van der Waals surface area contributed by atoms with Gasteiger partial charge in [-0.25, -0.2) is 18.1 Å². The molecule has 2 fully saturated rings. The maximum Gasteiger partial charge on any atom is 0.222 e. The van der Waals surface area contributed by atoms with E-state index in [4.69, 9.17) is 0 Å². The lowest BCUT2D eigenvalue weighted by atomic mass is 9.87. The number of piperidine rings is 1. The van der Waals surface area contributed by atoms with Crippen LogP contribution in [0.2, 0.25) is 0 Å². The monoisotopic (exact) mass is 354 g/mol. The lowest BCUT2D eigenvalue weighted by Crippen LogP contribution is -2.46. The summed E-state index contributed by atoms with van der Waals surface area (Å²) < 4.78 is 29.2. The Bertz CT molecular complexity index is 696. The first-order chi connectivity index (χ1) is 11.4. The lowest BCUT2D eigenvalue weighted by molar-refractivity contribution is -0.137. The molecule has 1 aliphatic carbocycles. The van der Waals surface area contributed by atoms with E-state index in [1.54, 1.807) is 18.1 Å². The highest BCUT2D eigenvalue weighted by Crippen LogP contribution is 2.34. The number of sulfonamides is 1. The van der Waals surface area contributed by atoms with Crippen LogP contribution in [0.15, 0.2) is 12.4 Å². The summed E-state index contributed by atoms with van der Waals surface area (Å²) in [7, 11) is 0.415. The van der Waals surface area contributed by atoms with Crippen molar-refractivity contribution in [1.82, 2.24) is 19.2 Å². The Morgan fingerprint density at radius 2 is 2.04 bits per heavy atom. The van der Waals surface area contributed by atoms with E-state index in [1.165, 1.54) is 0 Å². The lowest BCUT2D eigenvalue weighted by Gasteiger charge is -2.38. The Morgan fingerprint density at radius 1 is 1.29 bits per heavy atom. The normalized spacial score (nSPS) is 25.8. The molecule has 1 saturated carbocycles. The minimum Gasteiger partial charge on any atom is -0.336 e. The highest BCUT2D eigenvalue weighted by Gasteiger charge is 2.37. The Morgan fingerprint density at radius 3 is 2.62 bits per heavy atom. The van der Waals surface area contributed by atoms with E-state index in [2.05, 4.69) is 9.71 Å². The van der Waals surface area contributed by atoms with Crippen LogP contribution in [0, 0.1) is 11.8 Å². The first kappa shape index (κ1) is 17.4. The van der Waals surface area contributed by atoms with E-state index in [-0.39, 0.29) is 23.6 Å². The third kappa shape index (κ3) is 3.64. The van der Waals surface area contributed by atoms with Crippen LogP contribution >= 0.6 is 0 Å². The highest BCUT2D eigenvalue weighted by atomic mass is 32.2. The Labute approximate surface area is 143 Å². The minimum absolute atomic E-state index is 0.0324. The Balaban J connectivity index is 1.70.